The number of hydrogen-bond acceptors (Lipinski definition) is 4. The van der Waals surface area contributed by atoms with E-state index < -0.39 is 4.92 Å². The maximum Gasteiger partial charge on any atom is 0.321 e. The van der Waals surface area contributed by atoms with Crippen LogP contribution in [0.1, 0.15) is 23.3 Å². The van der Waals surface area contributed by atoms with E-state index in [9.17, 15) is 14.9 Å². The number of aromatic amines is 1. The minimum absolute atomic E-state index is 0. The van der Waals surface area contributed by atoms with Crippen molar-refractivity contribution in [3.05, 3.63) is 27.9 Å². The van der Waals surface area contributed by atoms with E-state index in [0.29, 0.717) is 6.54 Å². The summed E-state index contributed by atoms with van der Waals surface area (Å²) in [6, 6.07) is 2.95. The van der Waals surface area contributed by atoms with Gasteiger partial charge in [0.2, 0.25) is 0 Å². The minimum atomic E-state index is -0.536. The third kappa shape index (κ3) is 3.24. The van der Waals surface area contributed by atoms with Crippen molar-refractivity contribution < 1.29 is 9.72 Å². The van der Waals surface area contributed by atoms with Crippen LogP contribution in [0.5, 0.6) is 0 Å². The van der Waals surface area contributed by atoms with Crippen LogP contribution in [0, 0.1) is 10.1 Å². The fourth-order valence-corrected chi connectivity index (χ4v) is 2.32. The molecule has 1 amide bonds. The monoisotopic (exact) mass is 288 g/mol. The second kappa shape index (κ2) is 6.53. The van der Waals surface area contributed by atoms with Crippen LogP contribution in [-0.4, -0.2) is 46.9 Å². The van der Waals surface area contributed by atoms with Gasteiger partial charge in [0.15, 0.2) is 5.69 Å². The molecule has 7 nitrogen and oxygen atoms in total. The molecule has 0 bridgehead atoms. The van der Waals surface area contributed by atoms with Crippen LogP contribution in [-0.2, 0) is 0 Å². The number of carbonyl (C=O) groups excluding carboxylic acids is 1. The van der Waals surface area contributed by atoms with Crippen molar-refractivity contribution in [1.82, 2.24) is 15.2 Å². The molecule has 0 radical (unpaired) electrons. The molecule has 0 spiro atoms. The lowest BCUT2D eigenvalue weighted by atomic mass is 10.2. The number of amides is 1. The molecule has 1 aromatic rings. The zero-order chi connectivity index (χ0) is 13.1. The van der Waals surface area contributed by atoms with E-state index in [4.69, 9.17) is 0 Å². The van der Waals surface area contributed by atoms with Crippen molar-refractivity contribution in [3.8, 4) is 0 Å². The molecule has 2 N–H and O–H groups in total. The summed E-state index contributed by atoms with van der Waals surface area (Å²) < 4.78 is 0. The van der Waals surface area contributed by atoms with Crippen molar-refractivity contribution in [3.63, 3.8) is 0 Å². The van der Waals surface area contributed by atoms with Gasteiger partial charge in [-0.1, -0.05) is 0 Å². The Morgan fingerprint density at radius 2 is 2.37 bits per heavy atom. The van der Waals surface area contributed by atoms with Crippen LogP contribution in [0.3, 0.4) is 0 Å². The first kappa shape index (κ1) is 15.5. The molecular weight excluding hydrogens is 272 g/mol. The van der Waals surface area contributed by atoms with Gasteiger partial charge in [-0.05, 0) is 30.9 Å². The van der Waals surface area contributed by atoms with Gasteiger partial charge in [-0.2, -0.15) is 0 Å². The van der Waals surface area contributed by atoms with Gasteiger partial charge in [-0.3, -0.25) is 4.79 Å². The summed E-state index contributed by atoms with van der Waals surface area (Å²) in [6.45, 7) is 1.45. The van der Waals surface area contributed by atoms with Gasteiger partial charge in [0.1, 0.15) is 0 Å². The Kier molecular flexibility index (Phi) is 5.31. The molecule has 1 aliphatic rings. The van der Waals surface area contributed by atoms with Crippen molar-refractivity contribution in [2.75, 3.05) is 20.1 Å². The number of likely N-dealkylation sites (tertiary alicyclic amines) is 1. The van der Waals surface area contributed by atoms with Crippen LogP contribution in [0.15, 0.2) is 12.1 Å². The Labute approximate surface area is 116 Å². The first-order valence-electron chi connectivity index (χ1n) is 5.92. The molecule has 0 aromatic carbocycles. The van der Waals surface area contributed by atoms with E-state index in [0.717, 1.165) is 19.4 Å². The van der Waals surface area contributed by atoms with Crippen LogP contribution >= 0.6 is 12.4 Å². The maximum atomic E-state index is 12.2. The molecule has 1 atom stereocenters. The smallest absolute Gasteiger partial charge is 0.321 e. The fourth-order valence-electron chi connectivity index (χ4n) is 2.32. The Balaban J connectivity index is 0.00000180. The van der Waals surface area contributed by atoms with Crippen LogP contribution in [0.4, 0.5) is 5.82 Å². The van der Waals surface area contributed by atoms with Gasteiger partial charge >= 0.3 is 5.82 Å². The van der Waals surface area contributed by atoms with Gasteiger partial charge in [0.25, 0.3) is 5.91 Å². The number of halogens is 1. The van der Waals surface area contributed by atoms with Gasteiger partial charge < -0.3 is 20.3 Å². The highest BCUT2D eigenvalue weighted by molar-refractivity contribution is 5.93. The summed E-state index contributed by atoms with van der Waals surface area (Å²) in [5.41, 5.74) is 0.282. The van der Waals surface area contributed by atoms with E-state index in [1.54, 1.807) is 4.90 Å². The Morgan fingerprint density at radius 3 is 2.95 bits per heavy atom. The molecule has 0 saturated carbocycles. The summed E-state index contributed by atoms with van der Waals surface area (Å²) >= 11 is 0. The van der Waals surface area contributed by atoms with E-state index in [-0.39, 0.29) is 35.9 Å². The number of H-pyrrole nitrogens is 1. The number of aromatic nitrogens is 1. The van der Waals surface area contributed by atoms with Gasteiger partial charge in [-0.15, -0.1) is 12.4 Å². The maximum absolute atomic E-state index is 12.2. The van der Waals surface area contributed by atoms with Crippen molar-refractivity contribution in [1.29, 1.82) is 0 Å². The number of hydrogen-bond donors (Lipinski definition) is 2. The highest BCUT2D eigenvalue weighted by Crippen LogP contribution is 2.20. The summed E-state index contributed by atoms with van der Waals surface area (Å²) in [6.07, 6.45) is 1.94. The lowest BCUT2D eigenvalue weighted by Crippen LogP contribution is -2.40. The number of nitrogens with zero attached hydrogens (tertiary/aromatic N) is 2. The minimum Gasteiger partial charge on any atom is -0.358 e. The molecule has 1 saturated heterocycles. The molecule has 1 aliphatic heterocycles. The highest BCUT2D eigenvalue weighted by Gasteiger charge is 2.31. The summed E-state index contributed by atoms with van der Waals surface area (Å²) in [5.74, 6) is -0.316. The van der Waals surface area contributed by atoms with Gasteiger partial charge in [0.05, 0.1) is 0 Å². The third-order valence-electron chi connectivity index (χ3n) is 3.18. The molecule has 1 fully saturated rings. The zero-order valence-electron chi connectivity index (χ0n) is 10.6. The normalized spacial score (nSPS) is 18.2. The molecule has 106 valence electrons. The largest absolute Gasteiger partial charge is 0.358 e. The highest BCUT2D eigenvalue weighted by atomic mass is 35.5. The first-order chi connectivity index (χ1) is 8.63. The summed E-state index contributed by atoms with van der Waals surface area (Å²) in [5, 5.41) is 13.6. The predicted octanol–water partition coefficient (Wildman–Crippen LogP) is 1.17. The fraction of sp³-hybridized carbons (Fsp3) is 0.545. The number of nitro groups is 1. The number of nitrogens with one attached hydrogen (secondary N) is 2. The SMILES string of the molecule is CNCC1CCCN1C(=O)c1ccc([N+](=O)[O-])[nH]1.Cl. The first-order valence-corrected chi connectivity index (χ1v) is 5.92. The van der Waals surface area contributed by atoms with Crippen LogP contribution in [0.2, 0.25) is 0 Å². The van der Waals surface area contributed by atoms with Gasteiger partial charge in [-0.25, -0.2) is 4.98 Å². The van der Waals surface area contributed by atoms with E-state index in [2.05, 4.69) is 10.3 Å². The molecule has 1 aromatic heterocycles. The van der Waals surface area contributed by atoms with E-state index in [1.807, 2.05) is 7.05 Å². The second-order valence-corrected chi connectivity index (χ2v) is 4.37. The molecule has 19 heavy (non-hydrogen) atoms. The van der Waals surface area contributed by atoms with Crippen molar-refractivity contribution in [2.45, 2.75) is 18.9 Å². The Bertz CT molecular complexity index is 463. The average Bonchev–Trinajstić information content (AvgIpc) is 2.97. The van der Waals surface area contributed by atoms with Crippen molar-refractivity contribution >= 4 is 24.1 Å². The van der Waals surface area contributed by atoms with E-state index >= 15 is 0 Å². The lowest BCUT2D eigenvalue weighted by molar-refractivity contribution is -0.389. The molecule has 2 rings (SSSR count). The standard InChI is InChI=1S/C11H16N4O3.ClH/c1-12-7-8-3-2-6-14(8)11(16)9-4-5-10(13-9)15(17)18;/h4-5,8,12-13H,2-3,6-7H2,1H3;1H. The zero-order valence-corrected chi connectivity index (χ0v) is 11.4. The van der Waals surface area contributed by atoms with Crippen molar-refractivity contribution in [2.24, 2.45) is 0 Å². The quantitative estimate of drug-likeness (QED) is 0.642. The number of rotatable bonds is 4. The average molecular weight is 289 g/mol. The molecule has 2 heterocycles. The third-order valence-corrected chi connectivity index (χ3v) is 3.18. The molecule has 0 aliphatic carbocycles. The Hall–Kier alpha value is -1.60. The summed E-state index contributed by atoms with van der Waals surface area (Å²) in [7, 11) is 1.85. The van der Waals surface area contributed by atoms with Crippen LogP contribution in [0.25, 0.3) is 0 Å². The molecule has 1 unspecified atom stereocenters. The summed E-state index contributed by atoms with van der Waals surface area (Å²) in [4.78, 5) is 26.6. The number of carbonyl (C=O) groups is 1. The number of likely N-dealkylation sites (N-methyl/N-ethyl adjacent to an activating group) is 1. The topological polar surface area (TPSA) is 91.3 Å². The molecule has 8 heteroatoms. The Morgan fingerprint density at radius 1 is 1.63 bits per heavy atom. The predicted molar refractivity (Wildman–Crippen MR) is 72.7 cm³/mol. The van der Waals surface area contributed by atoms with Gasteiger partial charge in [0, 0.05) is 25.2 Å². The van der Waals surface area contributed by atoms with E-state index in [1.165, 1.54) is 12.1 Å². The second-order valence-electron chi connectivity index (χ2n) is 4.37. The lowest BCUT2D eigenvalue weighted by Gasteiger charge is -2.23. The molecular formula is C11H17ClN4O3. The van der Waals surface area contributed by atoms with Crippen LogP contribution < -0.4 is 5.32 Å².